The third-order valence-corrected chi connectivity index (χ3v) is 4.92. The summed E-state index contributed by atoms with van der Waals surface area (Å²) in [6.07, 6.45) is 6.39. The highest BCUT2D eigenvalue weighted by Crippen LogP contribution is 2.48. The van der Waals surface area contributed by atoms with Gasteiger partial charge < -0.3 is 4.52 Å². The van der Waals surface area contributed by atoms with Crippen LogP contribution in [0.4, 0.5) is 0 Å². The van der Waals surface area contributed by atoms with Crippen LogP contribution in [0.25, 0.3) is 0 Å². The minimum Gasteiger partial charge on any atom is -0.450 e. The molecule has 2 atom stereocenters. The molecule has 0 aromatic heterocycles. The van der Waals surface area contributed by atoms with Gasteiger partial charge in [0, 0.05) is 0 Å². The van der Waals surface area contributed by atoms with Gasteiger partial charge in [-0.15, -0.1) is 0 Å². The van der Waals surface area contributed by atoms with Crippen LogP contribution in [0.2, 0.25) is 0 Å². The van der Waals surface area contributed by atoms with Crippen LogP contribution < -0.4 is 9.61 Å². The average Bonchev–Trinajstić information content (AvgIpc) is 2.36. The van der Waals surface area contributed by atoms with E-state index in [9.17, 15) is 4.79 Å². The molecule has 0 spiro atoms. The number of rotatable bonds is 7. The zero-order valence-electron chi connectivity index (χ0n) is 12.0. The molecule has 1 unspecified atom stereocenters. The van der Waals surface area contributed by atoms with Gasteiger partial charge in [0.05, 0.1) is 6.04 Å². The standard InChI is InChI=1S/C14H21ClNO2PS/c1-11(2)10-13(14(17)20-4)16-19(3,15)18-12-8-6-5-7-9-12/h5-9,11,13,16H,3,10H2,1-2,4H3/t13-,19?/m0/s1. The Morgan fingerprint density at radius 1 is 1.45 bits per heavy atom. The highest BCUT2D eigenvalue weighted by Gasteiger charge is 2.25. The van der Waals surface area contributed by atoms with Crippen molar-refractivity contribution in [3.8, 4) is 5.75 Å². The summed E-state index contributed by atoms with van der Waals surface area (Å²) in [6, 6.07) is 8.93. The van der Waals surface area contributed by atoms with E-state index in [0.717, 1.165) is 0 Å². The number of nitrogens with one attached hydrogen (secondary N) is 1. The fourth-order valence-corrected chi connectivity index (χ4v) is 4.04. The number of carbonyl (C=O) groups excluding carboxylic acids is 1. The van der Waals surface area contributed by atoms with Gasteiger partial charge in [0.25, 0.3) is 0 Å². The highest BCUT2D eigenvalue weighted by molar-refractivity contribution is 8.13. The lowest BCUT2D eigenvalue weighted by molar-refractivity contribution is -0.112. The van der Waals surface area contributed by atoms with Crippen molar-refractivity contribution in [2.75, 3.05) is 6.26 Å². The van der Waals surface area contributed by atoms with E-state index in [2.05, 4.69) is 25.2 Å². The summed E-state index contributed by atoms with van der Waals surface area (Å²) < 4.78 is 5.70. The molecule has 0 saturated carbocycles. The van der Waals surface area contributed by atoms with Crippen molar-refractivity contribution < 1.29 is 9.32 Å². The van der Waals surface area contributed by atoms with Crippen LogP contribution in [0, 0.1) is 5.92 Å². The van der Waals surface area contributed by atoms with E-state index in [1.165, 1.54) is 11.8 Å². The normalized spacial score (nSPS) is 15.7. The number of para-hydroxylation sites is 1. The Bertz CT molecular complexity index is 481. The van der Waals surface area contributed by atoms with Crippen molar-refractivity contribution in [3.63, 3.8) is 0 Å². The van der Waals surface area contributed by atoms with Crippen molar-refractivity contribution >= 4 is 41.0 Å². The molecule has 0 fully saturated rings. The molecule has 3 nitrogen and oxygen atoms in total. The summed E-state index contributed by atoms with van der Waals surface area (Å²) in [4.78, 5) is 12.0. The van der Waals surface area contributed by atoms with E-state index in [-0.39, 0.29) is 11.2 Å². The van der Waals surface area contributed by atoms with Crippen LogP contribution in [0.5, 0.6) is 5.75 Å². The Morgan fingerprint density at radius 2 is 2.05 bits per heavy atom. The molecule has 6 heteroatoms. The predicted molar refractivity (Wildman–Crippen MR) is 91.9 cm³/mol. The molecular formula is C14H21ClNO2PS. The first kappa shape index (κ1) is 17.6. The monoisotopic (exact) mass is 333 g/mol. The van der Waals surface area contributed by atoms with Gasteiger partial charge in [-0.25, -0.2) is 5.09 Å². The third-order valence-electron chi connectivity index (χ3n) is 2.53. The Kier molecular flexibility index (Phi) is 7.18. The predicted octanol–water partition coefficient (Wildman–Crippen LogP) is 4.39. The lowest BCUT2D eigenvalue weighted by atomic mass is 10.1. The largest absolute Gasteiger partial charge is 0.450 e. The molecule has 20 heavy (non-hydrogen) atoms. The topological polar surface area (TPSA) is 38.3 Å². The summed E-state index contributed by atoms with van der Waals surface area (Å²) in [5.74, 6) is 1.04. The van der Waals surface area contributed by atoms with E-state index in [4.69, 9.17) is 15.8 Å². The summed E-state index contributed by atoms with van der Waals surface area (Å²) in [5.41, 5.74) is 0. The Labute approximate surface area is 130 Å². The molecule has 112 valence electrons. The first-order chi connectivity index (χ1) is 9.34. The fourth-order valence-electron chi connectivity index (χ4n) is 1.72. The number of hydrogen-bond acceptors (Lipinski definition) is 4. The van der Waals surface area contributed by atoms with Crippen molar-refractivity contribution in [2.24, 2.45) is 5.92 Å². The summed E-state index contributed by atoms with van der Waals surface area (Å²) in [6.45, 7) is 1.53. The average molecular weight is 334 g/mol. The maximum absolute atomic E-state index is 12.0. The lowest BCUT2D eigenvalue weighted by Gasteiger charge is -2.26. The minimum absolute atomic E-state index is 0.0593. The summed E-state index contributed by atoms with van der Waals surface area (Å²) in [5, 5.41) is 3.16. The van der Waals surface area contributed by atoms with E-state index >= 15 is 0 Å². The molecule has 1 aromatic rings. The number of benzene rings is 1. The number of carbonyl (C=O) groups is 1. The summed E-state index contributed by atoms with van der Waals surface area (Å²) >= 11 is 7.55. The molecule has 0 radical (unpaired) electrons. The van der Waals surface area contributed by atoms with Gasteiger partial charge in [-0.1, -0.05) is 43.8 Å². The molecule has 0 aliphatic rings. The second kappa shape index (κ2) is 8.14. The van der Waals surface area contributed by atoms with Crippen LogP contribution in [0.1, 0.15) is 20.3 Å². The minimum atomic E-state index is -2.61. The number of halogens is 1. The quantitative estimate of drug-likeness (QED) is 0.751. The molecule has 0 bridgehead atoms. The van der Waals surface area contributed by atoms with Crippen LogP contribution in [-0.4, -0.2) is 23.7 Å². The molecule has 0 saturated heterocycles. The molecule has 1 rings (SSSR count). The van der Waals surface area contributed by atoms with Crippen molar-refractivity contribution in [3.05, 3.63) is 30.3 Å². The van der Waals surface area contributed by atoms with E-state index < -0.39 is 6.62 Å². The first-order valence-corrected chi connectivity index (χ1v) is 10.4. The Hall–Kier alpha value is -0.410. The maximum Gasteiger partial charge on any atom is 0.206 e. The van der Waals surface area contributed by atoms with Crippen LogP contribution in [0.15, 0.2) is 30.3 Å². The molecular weight excluding hydrogens is 313 g/mol. The Morgan fingerprint density at radius 3 is 2.55 bits per heavy atom. The van der Waals surface area contributed by atoms with Crippen molar-refractivity contribution in [2.45, 2.75) is 26.3 Å². The molecule has 0 aliphatic heterocycles. The van der Waals surface area contributed by atoms with E-state index in [1.54, 1.807) is 6.26 Å². The Balaban J connectivity index is 2.75. The zero-order valence-corrected chi connectivity index (χ0v) is 14.5. The van der Waals surface area contributed by atoms with Gasteiger partial charge in [0.1, 0.15) is 5.75 Å². The van der Waals surface area contributed by atoms with Gasteiger partial charge in [0.15, 0.2) is 6.62 Å². The SMILES string of the molecule is C=P(Cl)(N[C@@H](CC(C)C)C(=O)SC)Oc1ccccc1. The first-order valence-electron chi connectivity index (χ1n) is 6.37. The smallest absolute Gasteiger partial charge is 0.206 e. The van der Waals surface area contributed by atoms with E-state index in [1.807, 2.05) is 30.3 Å². The number of hydrogen-bond donors (Lipinski definition) is 1. The van der Waals surface area contributed by atoms with Gasteiger partial charge >= 0.3 is 0 Å². The molecule has 0 amide bonds. The molecule has 1 aromatic carbocycles. The van der Waals surface area contributed by atoms with Gasteiger partial charge in [-0.2, -0.15) is 0 Å². The van der Waals surface area contributed by atoms with E-state index in [0.29, 0.717) is 18.1 Å². The fraction of sp³-hybridized carbons (Fsp3) is 0.429. The van der Waals surface area contributed by atoms with Crippen molar-refractivity contribution in [1.29, 1.82) is 0 Å². The molecule has 0 aliphatic carbocycles. The molecule has 0 heterocycles. The summed E-state index contributed by atoms with van der Waals surface area (Å²) in [7, 11) is 0. The van der Waals surface area contributed by atoms with Gasteiger partial charge in [0.2, 0.25) is 5.12 Å². The van der Waals surface area contributed by atoms with Crippen LogP contribution >= 0.6 is 29.6 Å². The van der Waals surface area contributed by atoms with Crippen molar-refractivity contribution in [1.82, 2.24) is 5.09 Å². The lowest BCUT2D eigenvalue weighted by Crippen LogP contribution is -2.34. The van der Waals surface area contributed by atoms with Gasteiger partial charge in [-0.05, 0) is 48.3 Å². The second-order valence-electron chi connectivity index (χ2n) is 4.89. The third kappa shape index (κ3) is 6.36. The highest BCUT2D eigenvalue weighted by atomic mass is 35.7. The zero-order chi connectivity index (χ0) is 15.2. The number of thioether (sulfide) groups is 1. The van der Waals surface area contributed by atoms with Gasteiger partial charge in [-0.3, -0.25) is 4.79 Å². The second-order valence-corrected chi connectivity index (χ2v) is 9.08. The molecule has 1 N–H and O–H groups in total. The maximum atomic E-state index is 12.0. The van der Waals surface area contributed by atoms with Crippen LogP contribution in [-0.2, 0) is 4.79 Å². The van der Waals surface area contributed by atoms with Crippen LogP contribution in [0.3, 0.4) is 0 Å².